The number of rotatable bonds is 7. The second-order valence-corrected chi connectivity index (χ2v) is 4.54. The first-order chi connectivity index (χ1) is 6.81. The van der Waals surface area contributed by atoms with Crippen molar-refractivity contribution in [2.75, 3.05) is 0 Å². The van der Waals surface area contributed by atoms with Crippen molar-refractivity contribution in [1.29, 1.82) is 0 Å². The summed E-state index contributed by atoms with van der Waals surface area (Å²) in [5, 5.41) is 0. The molecule has 0 aromatic rings. The molecule has 0 saturated heterocycles. The summed E-state index contributed by atoms with van der Waals surface area (Å²) in [7, 11) is 0. The lowest BCUT2D eigenvalue weighted by Crippen LogP contribution is -2.44. The van der Waals surface area contributed by atoms with Crippen LogP contribution in [0.4, 0.5) is 0 Å². The van der Waals surface area contributed by atoms with Crippen LogP contribution in [0.15, 0.2) is 0 Å². The Balaban J connectivity index is 4.59. The molecule has 0 aromatic heterocycles. The molecule has 0 aliphatic heterocycles. The third-order valence-corrected chi connectivity index (χ3v) is 1.68. The maximum absolute atomic E-state index is 5.76. The smallest absolute Gasteiger partial charge is 0.283 e. The van der Waals surface area contributed by atoms with E-state index in [1.54, 1.807) is 0 Å². The Kier molecular flexibility index (Phi) is 6.41. The first-order valence-corrected chi connectivity index (χ1v) is 5.84. The Morgan fingerprint density at radius 2 is 1.00 bits per heavy atom. The minimum Gasteiger partial charge on any atom is -0.325 e. The standard InChI is InChI=1S/C12H26O3/c1-8-12(13-9(2)3,14-10(4)5)15-11(6)7/h9-11H,8H2,1-7H3. The lowest BCUT2D eigenvalue weighted by Gasteiger charge is -2.36. The summed E-state index contributed by atoms with van der Waals surface area (Å²) in [4.78, 5) is 0. The Bertz CT molecular complexity index is 138. The fourth-order valence-electron chi connectivity index (χ4n) is 1.41. The lowest BCUT2D eigenvalue weighted by atomic mass is 10.3. The van der Waals surface area contributed by atoms with Gasteiger partial charge in [0.2, 0.25) is 0 Å². The van der Waals surface area contributed by atoms with Crippen molar-refractivity contribution in [1.82, 2.24) is 0 Å². The first kappa shape index (κ1) is 14.9. The largest absolute Gasteiger partial charge is 0.325 e. The van der Waals surface area contributed by atoms with Gasteiger partial charge in [0.1, 0.15) is 0 Å². The number of ether oxygens (including phenoxy) is 3. The van der Waals surface area contributed by atoms with Crippen molar-refractivity contribution < 1.29 is 14.2 Å². The highest BCUT2D eigenvalue weighted by molar-refractivity contribution is 4.60. The SMILES string of the molecule is CCC(OC(C)C)(OC(C)C)OC(C)C. The zero-order valence-electron chi connectivity index (χ0n) is 11.2. The quantitative estimate of drug-likeness (QED) is 0.613. The molecule has 0 heterocycles. The van der Waals surface area contributed by atoms with Crippen LogP contribution in [0.25, 0.3) is 0 Å². The molecule has 0 aromatic carbocycles. The van der Waals surface area contributed by atoms with Crippen molar-refractivity contribution in [2.45, 2.75) is 79.2 Å². The van der Waals surface area contributed by atoms with Gasteiger partial charge in [-0.3, -0.25) is 0 Å². The fourth-order valence-corrected chi connectivity index (χ4v) is 1.41. The zero-order valence-corrected chi connectivity index (χ0v) is 11.2. The summed E-state index contributed by atoms with van der Waals surface area (Å²) in [6.07, 6.45) is 0.939. The predicted molar refractivity (Wildman–Crippen MR) is 61.7 cm³/mol. The van der Waals surface area contributed by atoms with Gasteiger partial charge in [0.25, 0.3) is 5.97 Å². The van der Waals surface area contributed by atoms with Crippen LogP contribution < -0.4 is 0 Å². The van der Waals surface area contributed by atoms with Gasteiger partial charge in [0, 0.05) is 6.42 Å². The molecule has 15 heavy (non-hydrogen) atoms. The Hall–Kier alpha value is -0.120. The molecule has 92 valence electrons. The summed E-state index contributed by atoms with van der Waals surface area (Å²) in [5.41, 5.74) is 0. The maximum atomic E-state index is 5.76. The minimum absolute atomic E-state index is 0.0856. The molecule has 0 spiro atoms. The van der Waals surface area contributed by atoms with Crippen LogP contribution in [0.3, 0.4) is 0 Å². The van der Waals surface area contributed by atoms with Crippen LogP contribution >= 0.6 is 0 Å². The average molecular weight is 218 g/mol. The molecule has 0 aliphatic rings. The van der Waals surface area contributed by atoms with Crippen molar-refractivity contribution in [2.24, 2.45) is 0 Å². The normalized spacial score (nSPS) is 13.2. The summed E-state index contributed by atoms with van der Waals surface area (Å²) >= 11 is 0. The van der Waals surface area contributed by atoms with Gasteiger partial charge in [-0.05, 0) is 41.5 Å². The minimum atomic E-state index is -0.892. The van der Waals surface area contributed by atoms with E-state index in [0.717, 1.165) is 0 Å². The summed E-state index contributed by atoms with van der Waals surface area (Å²) < 4.78 is 17.3. The molecule has 3 nitrogen and oxygen atoms in total. The van der Waals surface area contributed by atoms with Gasteiger partial charge in [-0.2, -0.15) is 0 Å². The highest BCUT2D eigenvalue weighted by Crippen LogP contribution is 2.25. The Morgan fingerprint density at radius 3 is 1.13 bits per heavy atom. The molecular weight excluding hydrogens is 192 g/mol. The first-order valence-electron chi connectivity index (χ1n) is 5.84. The van der Waals surface area contributed by atoms with Crippen LogP contribution in [0.5, 0.6) is 0 Å². The second-order valence-electron chi connectivity index (χ2n) is 4.54. The van der Waals surface area contributed by atoms with Crippen molar-refractivity contribution in [3.8, 4) is 0 Å². The van der Waals surface area contributed by atoms with E-state index in [4.69, 9.17) is 14.2 Å². The van der Waals surface area contributed by atoms with Crippen molar-refractivity contribution >= 4 is 0 Å². The molecule has 0 bridgehead atoms. The third-order valence-electron chi connectivity index (χ3n) is 1.68. The van der Waals surface area contributed by atoms with E-state index in [1.807, 2.05) is 48.5 Å². The van der Waals surface area contributed by atoms with Crippen LogP contribution in [0.2, 0.25) is 0 Å². The average Bonchev–Trinajstić information content (AvgIpc) is 1.99. The van der Waals surface area contributed by atoms with Gasteiger partial charge in [0.15, 0.2) is 0 Å². The van der Waals surface area contributed by atoms with Crippen LogP contribution in [0, 0.1) is 0 Å². The monoisotopic (exact) mass is 218 g/mol. The Labute approximate surface area is 94.1 Å². The summed E-state index contributed by atoms with van der Waals surface area (Å²) in [6.45, 7) is 13.9. The van der Waals surface area contributed by atoms with Crippen LogP contribution in [-0.4, -0.2) is 24.3 Å². The molecule has 0 rings (SSSR count). The van der Waals surface area contributed by atoms with Gasteiger partial charge < -0.3 is 14.2 Å². The molecule has 0 aliphatic carbocycles. The molecule has 0 atom stereocenters. The molecule has 0 unspecified atom stereocenters. The van der Waals surface area contributed by atoms with Gasteiger partial charge in [-0.25, -0.2) is 0 Å². The number of hydrogen-bond acceptors (Lipinski definition) is 3. The molecule has 0 fully saturated rings. The molecule has 0 amide bonds. The van der Waals surface area contributed by atoms with Crippen LogP contribution in [0.1, 0.15) is 54.9 Å². The van der Waals surface area contributed by atoms with E-state index >= 15 is 0 Å². The van der Waals surface area contributed by atoms with E-state index in [2.05, 4.69) is 0 Å². The van der Waals surface area contributed by atoms with E-state index in [0.29, 0.717) is 6.42 Å². The zero-order chi connectivity index (χ0) is 12.1. The molecule has 3 heteroatoms. The topological polar surface area (TPSA) is 27.7 Å². The summed E-state index contributed by atoms with van der Waals surface area (Å²) in [6, 6.07) is 0. The van der Waals surface area contributed by atoms with E-state index in [-0.39, 0.29) is 18.3 Å². The summed E-state index contributed by atoms with van der Waals surface area (Å²) in [5.74, 6) is -0.892. The van der Waals surface area contributed by atoms with Crippen molar-refractivity contribution in [3.05, 3.63) is 0 Å². The lowest BCUT2D eigenvalue weighted by molar-refractivity contribution is -0.410. The molecule has 0 radical (unpaired) electrons. The van der Waals surface area contributed by atoms with Gasteiger partial charge in [-0.15, -0.1) is 0 Å². The van der Waals surface area contributed by atoms with E-state index < -0.39 is 5.97 Å². The maximum Gasteiger partial charge on any atom is 0.283 e. The molecule has 0 N–H and O–H groups in total. The second kappa shape index (κ2) is 6.46. The van der Waals surface area contributed by atoms with E-state index in [1.165, 1.54) is 0 Å². The molecular formula is C12H26O3. The van der Waals surface area contributed by atoms with Gasteiger partial charge in [-0.1, -0.05) is 6.92 Å². The Morgan fingerprint density at radius 1 is 0.733 bits per heavy atom. The van der Waals surface area contributed by atoms with Crippen LogP contribution in [-0.2, 0) is 14.2 Å². The van der Waals surface area contributed by atoms with E-state index in [9.17, 15) is 0 Å². The molecule has 0 saturated carbocycles. The van der Waals surface area contributed by atoms with Gasteiger partial charge >= 0.3 is 0 Å². The van der Waals surface area contributed by atoms with Crippen molar-refractivity contribution in [3.63, 3.8) is 0 Å². The fraction of sp³-hybridized carbons (Fsp3) is 1.00. The highest BCUT2D eigenvalue weighted by Gasteiger charge is 2.34. The highest BCUT2D eigenvalue weighted by atomic mass is 16.9. The predicted octanol–water partition coefficient (Wildman–Crippen LogP) is 3.33. The number of hydrogen-bond donors (Lipinski definition) is 0. The third kappa shape index (κ3) is 6.13. The van der Waals surface area contributed by atoms with Gasteiger partial charge in [0.05, 0.1) is 18.3 Å².